The zero-order valence-electron chi connectivity index (χ0n) is 18.6. The maximum Gasteiger partial charge on any atom is 0.290 e. The van der Waals surface area contributed by atoms with E-state index in [-0.39, 0.29) is 17.9 Å². The van der Waals surface area contributed by atoms with Crippen LogP contribution in [-0.4, -0.2) is 33.1 Å². The first kappa shape index (κ1) is 23.5. The van der Waals surface area contributed by atoms with Gasteiger partial charge in [-0.05, 0) is 70.4 Å². The Bertz CT molecular complexity index is 1040. The molecule has 2 aromatic carbocycles. The van der Waals surface area contributed by atoms with Crippen LogP contribution in [0.2, 0.25) is 0 Å². The van der Waals surface area contributed by atoms with Crippen LogP contribution in [0.5, 0.6) is 5.75 Å². The number of halogens is 1. The van der Waals surface area contributed by atoms with Crippen LogP contribution < -0.4 is 4.74 Å². The van der Waals surface area contributed by atoms with Gasteiger partial charge in [-0.15, -0.1) is 0 Å². The predicted octanol–water partition coefficient (Wildman–Crippen LogP) is 5.63. The van der Waals surface area contributed by atoms with Crippen LogP contribution in [0.25, 0.3) is 16.9 Å². The average molecular weight is 441 g/mol. The Kier molecular flexibility index (Phi) is 7.64. The lowest BCUT2D eigenvalue weighted by Crippen LogP contribution is -2.24. The van der Waals surface area contributed by atoms with Gasteiger partial charge in [-0.3, -0.25) is 4.79 Å². The largest absolute Gasteiger partial charge is 0.490 e. The van der Waals surface area contributed by atoms with Gasteiger partial charge in [-0.2, -0.15) is 5.10 Å². The van der Waals surface area contributed by atoms with Crippen LogP contribution in [-0.2, 0) is 16.1 Å². The maximum atomic E-state index is 14.5. The third-order valence-corrected chi connectivity index (χ3v) is 4.98. The van der Waals surface area contributed by atoms with Gasteiger partial charge in [-0.1, -0.05) is 24.3 Å². The molecule has 0 atom stereocenters. The lowest BCUT2D eigenvalue weighted by Gasteiger charge is -2.26. The molecule has 4 rings (SSSR count). The van der Waals surface area contributed by atoms with Crippen molar-refractivity contribution in [2.75, 3.05) is 0 Å². The summed E-state index contributed by atoms with van der Waals surface area (Å²) in [5.74, 6) is 0.517. The molecule has 1 fully saturated rings. The molecule has 0 amide bonds. The molecule has 0 unspecified atom stereocenters. The van der Waals surface area contributed by atoms with Crippen LogP contribution in [0, 0.1) is 5.82 Å². The Hall–Kier alpha value is -3.19. The molecule has 1 aliphatic carbocycles. The topological polar surface area (TPSA) is 73.6 Å². The summed E-state index contributed by atoms with van der Waals surface area (Å²) in [5.41, 5.74) is 2.62. The second-order valence-electron chi connectivity index (χ2n) is 8.59. The predicted molar refractivity (Wildman–Crippen MR) is 120 cm³/mol. The summed E-state index contributed by atoms with van der Waals surface area (Å²) in [6, 6.07) is 16.6. The van der Waals surface area contributed by atoms with Crippen molar-refractivity contribution in [2.45, 2.75) is 58.3 Å². The van der Waals surface area contributed by atoms with Crippen molar-refractivity contribution in [3.05, 3.63) is 66.1 Å². The second kappa shape index (κ2) is 10.4. The molecular weight excluding hydrogens is 411 g/mol. The Morgan fingerprint density at radius 3 is 2.50 bits per heavy atom. The highest BCUT2D eigenvalue weighted by Crippen LogP contribution is 2.31. The Labute approximate surface area is 187 Å². The van der Waals surface area contributed by atoms with Gasteiger partial charge in [0.2, 0.25) is 0 Å². The fourth-order valence-corrected chi connectivity index (χ4v) is 3.21. The van der Waals surface area contributed by atoms with Crippen molar-refractivity contribution in [3.8, 4) is 22.7 Å². The van der Waals surface area contributed by atoms with Crippen LogP contribution in [0.4, 0.5) is 4.39 Å². The quantitative estimate of drug-likeness (QED) is 0.503. The number of benzene rings is 2. The Balaban J connectivity index is 0.000000913. The van der Waals surface area contributed by atoms with Gasteiger partial charge in [0.15, 0.2) is 0 Å². The van der Waals surface area contributed by atoms with Crippen LogP contribution in [0.1, 0.15) is 45.7 Å². The number of rotatable bonds is 6. The van der Waals surface area contributed by atoms with Gasteiger partial charge < -0.3 is 14.6 Å². The van der Waals surface area contributed by atoms with Crippen molar-refractivity contribution < 1.29 is 23.8 Å². The van der Waals surface area contributed by atoms with E-state index in [2.05, 4.69) is 5.10 Å². The minimum Gasteiger partial charge on any atom is -0.490 e. The van der Waals surface area contributed by atoms with Gasteiger partial charge in [0.05, 0.1) is 29.7 Å². The fourth-order valence-electron chi connectivity index (χ4n) is 3.21. The Morgan fingerprint density at radius 2 is 1.88 bits per heavy atom. The zero-order chi connectivity index (χ0) is 23.1. The van der Waals surface area contributed by atoms with Crippen LogP contribution in [0.15, 0.2) is 54.6 Å². The molecule has 0 spiro atoms. The molecule has 1 N–H and O–H groups in total. The molecule has 170 valence electrons. The summed E-state index contributed by atoms with van der Waals surface area (Å²) in [4.78, 5) is 8.36. The molecule has 1 aromatic heterocycles. The van der Waals surface area contributed by atoms with E-state index in [9.17, 15) is 4.39 Å². The van der Waals surface area contributed by atoms with Crippen molar-refractivity contribution in [1.82, 2.24) is 9.78 Å². The second-order valence-corrected chi connectivity index (χ2v) is 8.59. The fraction of sp³-hybridized carbons (Fsp3) is 0.360. The third kappa shape index (κ3) is 6.17. The monoisotopic (exact) mass is 440 g/mol. The van der Waals surface area contributed by atoms with E-state index in [1.165, 1.54) is 12.5 Å². The van der Waals surface area contributed by atoms with Crippen molar-refractivity contribution in [1.29, 1.82) is 0 Å². The van der Waals surface area contributed by atoms with Crippen molar-refractivity contribution in [2.24, 2.45) is 0 Å². The molecule has 0 aliphatic heterocycles. The highest BCUT2D eigenvalue weighted by molar-refractivity contribution is 5.64. The number of hydrogen-bond donors (Lipinski definition) is 1. The van der Waals surface area contributed by atoms with E-state index in [1.807, 2.05) is 57.2 Å². The van der Waals surface area contributed by atoms with Crippen molar-refractivity contribution >= 4 is 6.47 Å². The molecule has 0 saturated heterocycles. The van der Waals surface area contributed by atoms with Gasteiger partial charge in [-0.25, -0.2) is 9.07 Å². The summed E-state index contributed by atoms with van der Waals surface area (Å²) in [6.07, 6.45) is 3.73. The van der Waals surface area contributed by atoms with Gasteiger partial charge in [0, 0.05) is 5.56 Å². The summed E-state index contributed by atoms with van der Waals surface area (Å²) in [5, 5.41) is 11.5. The number of nitrogens with zero attached hydrogens (tertiary/aromatic N) is 2. The number of para-hydroxylation sites is 1. The van der Waals surface area contributed by atoms with Crippen LogP contribution in [0.3, 0.4) is 0 Å². The summed E-state index contributed by atoms with van der Waals surface area (Å²) in [7, 11) is 0. The lowest BCUT2D eigenvalue weighted by molar-refractivity contribution is -0.122. The van der Waals surface area contributed by atoms with E-state index in [4.69, 9.17) is 19.4 Å². The van der Waals surface area contributed by atoms with Gasteiger partial charge in [0.1, 0.15) is 17.3 Å². The number of carboxylic acid groups (broad SMARTS) is 1. The molecule has 1 saturated carbocycles. The first-order valence-electron chi connectivity index (χ1n) is 10.6. The van der Waals surface area contributed by atoms with Crippen molar-refractivity contribution in [3.63, 3.8) is 0 Å². The smallest absolute Gasteiger partial charge is 0.290 e. The van der Waals surface area contributed by atoms with E-state index < -0.39 is 0 Å². The molecule has 0 bridgehead atoms. The highest BCUT2D eigenvalue weighted by atomic mass is 19.1. The third-order valence-electron chi connectivity index (χ3n) is 4.98. The first-order chi connectivity index (χ1) is 15.3. The minimum atomic E-state index is -0.318. The minimum absolute atomic E-state index is 0.250. The molecule has 1 heterocycles. The summed E-state index contributed by atoms with van der Waals surface area (Å²) >= 11 is 0. The maximum absolute atomic E-state index is 14.5. The van der Waals surface area contributed by atoms with Gasteiger partial charge in [0.25, 0.3) is 6.47 Å². The van der Waals surface area contributed by atoms with E-state index in [1.54, 1.807) is 16.8 Å². The van der Waals surface area contributed by atoms with Crippen LogP contribution >= 0.6 is 0 Å². The molecule has 0 radical (unpaired) electrons. The normalized spacial score (nSPS) is 13.6. The molecule has 1 aliphatic rings. The van der Waals surface area contributed by atoms with E-state index >= 15 is 0 Å². The average Bonchev–Trinajstić information content (AvgIpc) is 3.14. The zero-order valence-corrected chi connectivity index (χ0v) is 18.6. The Morgan fingerprint density at radius 1 is 1.16 bits per heavy atom. The standard InChI is InChI=1S/C24H27FN2O2.CH2O2/c1-24(2,3)28-16-18-15-23(27(26-18)22-13-5-4-12-21(22)25)17-8-6-11-20(14-17)29-19-9-7-10-19;2-1-3/h4-6,8,11-15,19H,7,9-10,16H2,1-3H3;1H,(H,2,3). The summed E-state index contributed by atoms with van der Waals surface area (Å²) < 4.78 is 28.1. The molecule has 32 heavy (non-hydrogen) atoms. The molecular formula is C25H29FN2O4. The van der Waals surface area contributed by atoms with E-state index in [0.29, 0.717) is 18.4 Å². The number of carbonyl (C=O) groups is 1. The summed E-state index contributed by atoms with van der Waals surface area (Å²) in [6.45, 7) is 6.12. The molecule has 6 nitrogen and oxygen atoms in total. The molecule has 7 heteroatoms. The molecule has 3 aromatic rings. The number of ether oxygens (including phenoxy) is 2. The first-order valence-corrected chi connectivity index (χ1v) is 10.6. The van der Waals surface area contributed by atoms with Gasteiger partial charge >= 0.3 is 0 Å². The number of aromatic nitrogens is 2. The lowest BCUT2D eigenvalue weighted by atomic mass is 9.96. The SMILES string of the molecule is CC(C)(C)OCc1cc(-c2cccc(OC3CCC3)c2)n(-c2ccccc2F)n1.O=CO. The van der Waals surface area contributed by atoms with E-state index in [0.717, 1.165) is 35.5 Å². The highest BCUT2D eigenvalue weighted by Gasteiger charge is 2.20. The number of hydrogen-bond acceptors (Lipinski definition) is 4.